The number of anilines is 2. The van der Waals surface area contributed by atoms with Crippen LogP contribution < -0.4 is 11.5 Å². The fraction of sp³-hybridized carbons (Fsp3) is 0.588. The Bertz CT molecular complexity index is 415. The fourth-order valence-corrected chi connectivity index (χ4v) is 2.40. The van der Waals surface area contributed by atoms with Gasteiger partial charge in [0, 0.05) is 30.0 Å². The average Bonchev–Trinajstić information content (AvgIpc) is 2.44. The maximum atomic E-state index is 12.7. The van der Waals surface area contributed by atoms with E-state index in [2.05, 4.69) is 13.8 Å². The van der Waals surface area contributed by atoms with Gasteiger partial charge in [-0.25, -0.2) is 0 Å². The van der Waals surface area contributed by atoms with E-state index in [-0.39, 0.29) is 5.91 Å². The van der Waals surface area contributed by atoms with Crippen LogP contribution in [0, 0.1) is 0 Å². The summed E-state index contributed by atoms with van der Waals surface area (Å²) in [6.45, 7) is 5.96. The van der Waals surface area contributed by atoms with Crippen molar-refractivity contribution in [3.05, 3.63) is 23.8 Å². The molecule has 0 aliphatic rings. The SMILES string of the molecule is CCCCCN(CCCCC)C(=O)c1cc(N)cc(N)c1. The number of hydrogen-bond donors (Lipinski definition) is 2. The molecule has 0 saturated carbocycles. The highest BCUT2D eigenvalue weighted by Gasteiger charge is 2.15. The number of benzene rings is 1. The summed E-state index contributed by atoms with van der Waals surface area (Å²) < 4.78 is 0. The van der Waals surface area contributed by atoms with Crippen LogP contribution >= 0.6 is 0 Å². The number of amides is 1. The Morgan fingerprint density at radius 2 is 1.38 bits per heavy atom. The van der Waals surface area contributed by atoms with Gasteiger partial charge in [-0.05, 0) is 31.0 Å². The summed E-state index contributed by atoms with van der Waals surface area (Å²) in [6.07, 6.45) is 6.70. The highest BCUT2D eigenvalue weighted by Crippen LogP contribution is 2.16. The van der Waals surface area contributed by atoms with Crippen molar-refractivity contribution in [3.8, 4) is 0 Å². The van der Waals surface area contributed by atoms with Gasteiger partial charge in [-0.15, -0.1) is 0 Å². The van der Waals surface area contributed by atoms with Gasteiger partial charge < -0.3 is 16.4 Å². The molecule has 0 aliphatic heterocycles. The van der Waals surface area contributed by atoms with Gasteiger partial charge in [-0.1, -0.05) is 39.5 Å². The zero-order valence-electron chi connectivity index (χ0n) is 13.4. The first-order chi connectivity index (χ1) is 10.1. The molecule has 0 bridgehead atoms. The molecule has 118 valence electrons. The second-order valence-corrected chi connectivity index (χ2v) is 5.59. The summed E-state index contributed by atoms with van der Waals surface area (Å²) in [4.78, 5) is 14.6. The minimum absolute atomic E-state index is 0.0428. The molecule has 4 nitrogen and oxygen atoms in total. The molecule has 0 atom stereocenters. The molecule has 4 N–H and O–H groups in total. The van der Waals surface area contributed by atoms with Crippen LogP contribution in [0.2, 0.25) is 0 Å². The minimum Gasteiger partial charge on any atom is -0.399 e. The molecule has 1 aromatic rings. The summed E-state index contributed by atoms with van der Waals surface area (Å²) in [7, 11) is 0. The van der Waals surface area contributed by atoms with Crippen LogP contribution in [0.3, 0.4) is 0 Å². The second-order valence-electron chi connectivity index (χ2n) is 5.59. The number of unbranched alkanes of at least 4 members (excludes halogenated alkanes) is 4. The molecular formula is C17H29N3O. The lowest BCUT2D eigenvalue weighted by atomic mass is 10.1. The molecule has 0 fully saturated rings. The maximum absolute atomic E-state index is 12.7. The summed E-state index contributed by atoms with van der Waals surface area (Å²) >= 11 is 0. The number of hydrogen-bond acceptors (Lipinski definition) is 3. The first-order valence-corrected chi connectivity index (χ1v) is 8.03. The van der Waals surface area contributed by atoms with E-state index >= 15 is 0 Å². The van der Waals surface area contributed by atoms with Gasteiger partial charge in [0.2, 0.25) is 0 Å². The third-order valence-corrected chi connectivity index (χ3v) is 3.58. The highest BCUT2D eigenvalue weighted by molar-refractivity contribution is 5.96. The fourth-order valence-electron chi connectivity index (χ4n) is 2.40. The quantitative estimate of drug-likeness (QED) is 0.538. The average molecular weight is 291 g/mol. The Balaban J connectivity index is 2.76. The molecule has 0 radical (unpaired) electrons. The van der Waals surface area contributed by atoms with E-state index in [9.17, 15) is 4.79 Å². The van der Waals surface area contributed by atoms with Gasteiger partial charge in [-0.3, -0.25) is 4.79 Å². The van der Waals surface area contributed by atoms with Crippen molar-refractivity contribution in [1.29, 1.82) is 0 Å². The Labute approximate surface area is 128 Å². The standard InChI is InChI=1S/C17H29N3O/c1-3-5-7-9-20(10-8-6-4-2)17(21)14-11-15(18)13-16(19)12-14/h11-13H,3-10,18-19H2,1-2H3. The number of nitrogen functional groups attached to an aromatic ring is 2. The van der Waals surface area contributed by atoms with Gasteiger partial charge in [0.25, 0.3) is 5.91 Å². The molecule has 0 spiro atoms. The lowest BCUT2D eigenvalue weighted by Crippen LogP contribution is -2.33. The van der Waals surface area contributed by atoms with Gasteiger partial charge >= 0.3 is 0 Å². The summed E-state index contributed by atoms with van der Waals surface area (Å²) in [5.41, 5.74) is 13.3. The predicted octanol–water partition coefficient (Wildman–Crippen LogP) is 3.67. The van der Waals surface area contributed by atoms with Crippen LogP contribution in [0.1, 0.15) is 62.7 Å². The summed E-state index contributed by atoms with van der Waals surface area (Å²) in [5.74, 6) is 0.0428. The van der Waals surface area contributed by atoms with Crippen molar-refractivity contribution in [1.82, 2.24) is 4.90 Å². The van der Waals surface area contributed by atoms with Crippen LogP contribution in [-0.2, 0) is 0 Å². The van der Waals surface area contributed by atoms with Crippen LogP contribution in [0.15, 0.2) is 18.2 Å². The Kier molecular flexibility index (Phi) is 7.65. The van der Waals surface area contributed by atoms with Gasteiger partial charge in [0.1, 0.15) is 0 Å². The van der Waals surface area contributed by atoms with Crippen molar-refractivity contribution < 1.29 is 4.79 Å². The molecule has 0 aliphatic carbocycles. The molecule has 4 heteroatoms. The largest absolute Gasteiger partial charge is 0.399 e. The summed E-state index contributed by atoms with van der Waals surface area (Å²) in [5, 5.41) is 0. The van der Waals surface area contributed by atoms with Crippen LogP contribution in [0.25, 0.3) is 0 Å². The highest BCUT2D eigenvalue weighted by atomic mass is 16.2. The lowest BCUT2D eigenvalue weighted by Gasteiger charge is -2.23. The molecule has 0 aromatic heterocycles. The zero-order valence-corrected chi connectivity index (χ0v) is 13.4. The lowest BCUT2D eigenvalue weighted by molar-refractivity contribution is 0.0749. The van der Waals surface area contributed by atoms with Gasteiger partial charge in [-0.2, -0.15) is 0 Å². The maximum Gasteiger partial charge on any atom is 0.254 e. The zero-order chi connectivity index (χ0) is 15.7. The van der Waals surface area contributed by atoms with E-state index in [0.717, 1.165) is 51.6 Å². The van der Waals surface area contributed by atoms with E-state index in [4.69, 9.17) is 11.5 Å². The van der Waals surface area contributed by atoms with E-state index in [1.54, 1.807) is 18.2 Å². The number of carbonyl (C=O) groups is 1. The van der Waals surface area contributed by atoms with Crippen molar-refractivity contribution in [3.63, 3.8) is 0 Å². The minimum atomic E-state index is 0.0428. The van der Waals surface area contributed by atoms with Crippen molar-refractivity contribution >= 4 is 17.3 Å². The summed E-state index contributed by atoms with van der Waals surface area (Å²) in [6, 6.07) is 5.10. The van der Waals surface area contributed by atoms with E-state index < -0.39 is 0 Å². The molecule has 1 aromatic carbocycles. The van der Waals surface area contributed by atoms with Crippen molar-refractivity contribution in [2.45, 2.75) is 52.4 Å². The Hall–Kier alpha value is -1.71. The molecular weight excluding hydrogens is 262 g/mol. The number of nitrogens with two attached hydrogens (primary N) is 2. The van der Waals surface area contributed by atoms with Crippen LogP contribution in [0.4, 0.5) is 11.4 Å². The third-order valence-electron chi connectivity index (χ3n) is 3.58. The van der Waals surface area contributed by atoms with Crippen LogP contribution in [0.5, 0.6) is 0 Å². The number of nitrogens with zero attached hydrogens (tertiary/aromatic N) is 1. The van der Waals surface area contributed by atoms with E-state index in [0.29, 0.717) is 16.9 Å². The molecule has 0 saturated heterocycles. The monoisotopic (exact) mass is 291 g/mol. The van der Waals surface area contributed by atoms with Gasteiger partial charge in [0.15, 0.2) is 0 Å². The smallest absolute Gasteiger partial charge is 0.254 e. The van der Waals surface area contributed by atoms with E-state index in [1.807, 2.05) is 4.90 Å². The second kappa shape index (κ2) is 9.27. The Morgan fingerprint density at radius 3 is 1.81 bits per heavy atom. The topological polar surface area (TPSA) is 72.3 Å². The molecule has 1 amide bonds. The normalized spacial score (nSPS) is 10.6. The number of rotatable bonds is 9. The van der Waals surface area contributed by atoms with Crippen molar-refractivity contribution in [2.75, 3.05) is 24.6 Å². The third kappa shape index (κ3) is 6.06. The van der Waals surface area contributed by atoms with Crippen molar-refractivity contribution in [2.24, 2.45) is 0 Å². The molecule has 0 heterocycles. The Morgan fingerprint density at radius 1 is 0.905 bits per heavy atom. The van der Waals surface area contributed by atoms with E-state index in [1.165, 1.54) is 0 Å². The first kappa shape index (κ1) is 17.3. The van der Waals surface area contributed by atoms with Gasteiger partial charge in [0.05, 0.1) is 0 Å². The predicted molar refractivity (Wildman–Crippen MR) is 90.2 cm³/mol. The first-order valence-electron chi connectivity index (χ1n) is 8.03. The molecule has 0 unspecified atom stereocenters. The number of carbonyl (C=O) groups excluding carboxylic acids is 1. The molecule has 21 heavy (non-hydrogen) atoms. The van der Waals surface area contributed by atoms with Crippen LogP contribution in [-0.4, -0.2) is 23.9 Å². The molecule has 1 rings (SSSR count).